The van der Waals surface area contributed by atoms with E-state index in [0.717, 1.165) is 17.2 Å². The Kier molecular flexibility index (Phi) is 6.04. The Morgan fingerprint density at radius 3 is 2.33 bits per heavy atom. The van der Waals surface area contributed by atoms with E-state index in [9.17, 15) is 4.79 Å². The molecular formula is C22H22N4O3S. The van der Waals surface area contributed by atoms with E-state index < -0.39 is 0 Å². The first kappa shape index (κ1) is 20.0. The van der Waals surface area contributed by atoms with Gasteiger partial charge in [-0.2, -0.15) is 0 Å². The molecule has 3 aromatic heterocycles. The minimum absolute atomic E-state index is 0.0394. The van der Waals surface area contributed by atoms with Gasteiger partial charge >= 0.3 is 0 Å². The zero-order valence-electron chi connectivity index (χ0n) is 16.8. The molecule has 0 bridgehead atoms. The van der Waals surface area contributed by atoms with Gasteiger partial charge in [0, 0.05) is 5.69 Å². The molecule has 0 aliphatic carbocycles. The number of benzene rings is 1. The van der Waals surface area contributed by atoms with Gasteiger partial charge in [-0.3, -0.25) is 9.36 Å². The average molecular weight is 423 g/mol. The summed E-state index contributed by atoms with van der Waals surface area (Å²) in [5.74, 6) is 1.63. The first-order chi connectivity index (χ1) is 14.6. The molecule has 0 N–H and O–H groups in total. The third-order valence-corrected chi connectivity index (χ3v) is 5.74. The monoisotopic (exact) mass is 422 g/mol. The Morgan fingerprint density at radius 2 is 1.73 bits per heavy atom. The van der Waals surface area contributed by atoms with Crippen molar-refractivity contribution in [1.82, 2.24) is 19.7 Å². The number of aromatic nitrogens is 3. The van der Waals surface area contributed by atoms with Gasteiger partial charge in [0.2, 0.25) is 5.91 Å². The van der Waals surface area contributed by atoms with Crippen LogP contribution >= 0.6 is 11.8 Å². The van der Waals surface area contributed by atoms with Crippen molar-refractivity contribution in [3.63, 3.8) is 0 Å². The van der Waals surface area contributed by atoms with Crippen molar-refractivity contribution in [2.75, 3.05) is 5.75 Å². The summed E-state index contributed by atoms with van der Waals surface area (Å²) < 4.78 is 12.7. The zero-order chi connectivity index (χ0) is 20.9. The van der Waals surface area contributed by atoms with E-state index in [1.54, 1.807) is 23.8 Å². The maximum Gasteiger partial charge on any atom is 0.233 e. The predicted molar refractivity (Wildman–Crippen MR) is 113 cm³/mol. The van der Waals surface area contributed by atoms with Gasteiger partial charge in [-0.05, 0) is 61.4 Å². The van der Waals surface area contributed by atoms with Gasteiger partial charge in [0.1, 0.15) is 17.8 Å². The van der Waals surface area contributed by atoms with Crippen LogP contribution in [-0.2, 0) is 17.9 Å². The van der Waals surface area contributed by atoms with Crippen molar-refractivity contribution < 1.29 is 13.6 Å². The smallest absolute Gasteiger partial charge is 0.233 e. The first-order valence-corrected chi connectivity index (χ1v) is 10.5. The highest BCUT2D eigenvalue weighted by atomic mass is 32.2. The minimum atomic E-state index is -0.0394. The predicted octanol–water partition coefficient (Wildman–Crippen LogP) is 4.39. The molecule has 30 heavy (non-hydrogen) atoms. The summed E-state index contributed by atoms with van der Waals surface area (Å²) in [6.45, 7) is 4.89. The van der Waals surface area contributed by atoms with Crippen LogP contribution in [0.4, 0.5) is 0 Å². The SMILES string of the molecule is Cc1ccc(-n2cnnc2SCC(=O)N(Cc2ccco2)Cc2ccco2)cc1C. The first-order valence-electron chi connectivity index (χ1n) is 9.53. The summed E-state index contributed by atoms with van der Waals surface area (Å²) in [5.41, 5.74) is 3.39. The fraction of sp³-hybridized carbons (Fsp3) is 0.227. The Bertz CT molecular complexity index is 1070. The third-order valence-electron chi connectivity index (χ3n) is 4.82. The zero-order valence-corrected chi connectivity index (χ0v) is 17.6. The summed E-state index contributed by atoms with van der Waals surface area (Å²) in [6.07, 6.45) is 4.87. The van der Waals surface area contributed by atoms with Crippen LogP contribution in [0.15, 0.2) is 75.3 Å². The molecule has 0 spiro atoms. The minimum Gasteiger partial charge on any atom is -0.467 e. The number of hydrogen-bond donors (Lipinski definition) is 0. The second kappa shape index (κ2) is 9.04. The molecule has 0 fully saturated rings. The van der Waals surface area contributed by atoms with E-state index in [4.69, 9.17) is 8.83 Å². The van der Waals surface area contributed by atoms with Crippen LogP contribution in [0.5, 0.6) is 0 Å². The van der Waals surface area contributed by atoms with Crippen LogP contribution < -0.4 is 0 Å². The molecule has 154 valence electrons. The van der Waals surface area contributed by atoms with Crippen LogP contribution in [0.2, 0.25) is 0 Å². The summed E-state index contributed by atoms with van der Waals surface area (Å²) in [5, 5.41) is 8.90. The van der Waals surface area contributed by atoms with E-state index in [-0.39, 0.29) is 11.7 Å². The Balaban J connectivity index is 1.47. The van der Waals surface area contributed by atoms with E-state index in [1.165, 1.54) is 22.9 Å². The molecule has 4 rings (SSSR count). The quantitative estimate of drug-likeness (QED) is 0.392. The summed E-state index contributed by atoms with van der Waals surface area (Å²) in [7, 11) is 0. The largest absolute Gasteiger partial charge is 0.467 e. The summed E-state index contributed by atoms with van der Waals surface area (Å²) in [4.78, 5) is 14.7. The van der Waals surface area contributed by atoms with Gasteiger partial charge in [0.15, 0.2) is 5.16 Å². The summed E-state index contributed by atoms with van der Waals surface area (Å²) in [6, 6.07) is 13.5. The molecule has 4 aromatic rings. The number of furan rings is 2. The van der Waals surface area contributed by atoms with E-state index >= 15 is 0 Å². The maximum atomic E-state index is 13.0. The van der Waals surface area contributed by atoms with E-state index in [1.807, 2.05) is 34.9 Å². The number of nitrogens with zero attached hydrogens (tertiary/aromatic N) is 4. The van der Waals surface area contributed by atoms with Crippen molar-refractivity contribution in [2.45, 2.75) is 32.1 Å². The second-order valence-corrected chi connectivity index (χ2v) is 7.89. The molecule has 0 aliphatic rings. The molecule has 0 radical (unpaired) electrons. The number of rotatable bonds is 8. The standard InChI is InChI=1S/C22H22N4O3S/c1-16-7-8-18(11-17(16)2)26-15-23-24-22(26)30-14-21(27)25(12-19-5-3-9-28-19)13-20-6-4-10-29-20/h3-11,15H,12-14H2,1-2H3. The fourth-order valence-electron chi connectivity index (χ4n) is 3.01. The molecule has 3 heterocycles. The van der Waals surface area contributed by atoms with Crippen molar-refractivity contribution >= 4 is 17.7 Å². The lowest BCUT2D eigenvalue weighted by molar-refractivity contribution is -0.130. The molecule has 0 unspecified atom stereocenters. The molecule has 0 saturated carbocycles. The molecule has 7 nitrogen and oxygen atoms in total. The highest BCUT2D eigenvalue weighted by molar-refractivity contribution is 7.99. The van der Waals surface area contributed by atoms with Crippen molar-refractivity contribution in [1.29, 1.82) is 0 Å². The number of amides is 1. The Hall–Kier alpha value is -3.26. The molecular weight excluding hydrogens is 400 g/mol. The van der Waals surface area contributed by atoms with E-state index in [2.05, 4.69) is 36.2 Å². The lowest BCUT2D eigenvalue weighted by Crippen LogP contribution is -2.31. The molecule has 8 heteroatoms. The fourth-order valence-corrected chi connectivity index (χ4v) is 3.84. The van der Waals surface area contributed by atoms with Gasteiger partial charge in [-0.15, -0.1) is 10.2 Å². The van der Waals surface area contributed by atoms with Crippen LogP contribution in [0.1, 0.15) is 22.6 Å². The van der Waals surface area contributed by atoms with E-state index in [0.29, 0.717) is 18.2 Å². The number of thioether (sulfide) groups is 1. The van der Waals surface area contributed by atoms with Crippen LogP contribution in [0, 0.1) is 13.8 Å². The van der Waals surface area contributed by atoms with Crippen molar-refractivity contribution in [3.05, 3.63) is 84.0 Å². The second-order valence-electron chi connectivity index (χ2n) is 6.95. The molecule has 1 amide bonds. The summed E-state index contributed by atoms with van der Waals surface area (Å²) >= 11 is 1.36. The molecule has 0 saturated heterocycles. The highest BCUT2D eigenvalue weighted by Crippen LogP contribution is 2.22. The molecule has 0 aliphatic heterocycles. The number of hydrogen-bond acceptors (Lipinski definition) is 6. The molecule has 0 atom stereocenters. The normalized spacial score (nSPS) is 11.0. The maximum absolute atomic E-state index is 13.0. The lowest BCUT2D eigenvalue weighted by atomic mass is 10.1. The lowest BCUT2D eigenvalue weighted by Gasteiger charge is -2.20. The highest BCUT2D eigenvalue weighted by Gasteiger charge is 2.19. The van der Waals surface area contributed by atoms with Gasteiger partial charge in [0.25, 0.3) is 0 Å². The van der Waals surface area contributed by atoms with Crippen molar-refractivity contribution in [3.8, 4) is 5.69 Å². The number of carbonyl (C=O) groups excluding carboxylic acids is 1. The van der Waals surface area contributed by atoms with Gasteiger partial charge in [0.05, 0.1) is 31.4 Å². The third kappa shape index (κ3) is 4.65. The van der Waals surface area contributed by atoms with Gasteiger partial charge in [-0.25, -0.2) is 0 Å². The van der Waals surface area contributed by atoms with Crippen LogP contribution in [-0.4, -0.2) is 31.3 Å². The molecule has 1 aromatic carbocycles. The topological polar surface area (TPSA) is 77.3 Å². The Morgan fingerprint density at radius 1 is 1.03 bits per heavy atom. The van der Waals surface area contributed by atoms with Crippen molar-refractivity contribution in [2.24, 2.45) is 0 Å². The van der Waals surface area contributed by atoms with Gasteiger partial charge in [-0.1, -0.05) is 17.8 Å². The van der Waals surface area contributed by atoms with Gasteiger partial charge < -0.3 is 13.7 Å². The average Bonchev–Trinajstić information content (AvgIpc) is 3.51. The number of aryl methyl sites for hydroxylation is 2. The van der Waals surface area contributed by atoms with Crippen LogP contribution in [0.3, 0.4) is 0 Å². The number of carbonyl (C=O) groups is 1. The Labute approximate surface area is 178 Å². The van der Waals surface area contributed by atoms with Crippen LogP contribution in [0.25, 0.3) is 5.69 Å².